The van der Waals surface area contributed by atoms with Crippen molar-refractivity contribution in [3.8, 4) is 22.8 Å². The molecular weight excluding hydrogens is 360 g/mol. The highest BCUT2D eigenvalue weighted by molar-refractivity contribution is 8.00. The molecule has 0 saturated heterocycles. The lowest BCUT2D eigenvalue weighted by Crippen LogP contribution is -2.21. The maximum absolute atomic E-state index is 12.3. The van der Waals surface area contributed by atoms with E-state index in [0.29, 0.717) is 12.2 Å². The van der Waals surface area contributed by atoms with Gasteiger partial charge in [-0.1, -0.05) is 18.2 Å². The summed E-state index contributed by atoms with van der Waals surface area (Å²) in [5.74, 6) is 1.82. The van der Waals surface area contributed by atoms with Crippen LogP contribution in [0.5, 0.6) is 5.75 Å². The van der Waals surface area contributed by atoms with Gasteiger partial charge in [-0.2, -0.15) is 0 Å². The second-order valence-electron chi connectivity index (χ2n) is 6.39. The first-order valence-corrected chi connectivity index (χ1v) is 9.84. The molecule has 0 N–H and O–H groups in total. The molecule has 1 saturated carbocycles. The van der Waals surface area contributed by atoms with Gasteiger partial charge in [0.25, 0.3) is 0 Å². The number of ether oxygens (including phenoxy) is 1. The Balaban J connectivity index is 1.76. The van der Waals surface area contributed by atoms with Crippen LogP contribution in [0.25, 0.3) is 17.1 Å². The van der Waals surface area contributed by atoms with Gasteiger partial charge in [0.1, 0.15) is 11.5 Å². The molecule has 6 nitrogen and oxygen atoms in total. The molecule has 1 fully saturated rings. The minimum absolute atomic E-state index is 0.0507. The molecule has 2 aromatic heterocycles. The normalized spacial score (nSPS) is 17.1. The highest BCUT2D eigenvalue weighted by Crippen LogP contribution is 2.34. The van der Waals surface area contributed by atoms with E-state index in [0.717, 1.165) is 47.2 Å². The zero-order valence-corrected chi connectivity index (χ0v) is 15.9. The number of pyridine rings is 1. The van der Waals surface area contributed by atoms with E-state index in [-0.39, 0.29) is 5.25 Å². The minimum Gasteiger partial charge on any atom is -0.497 e. The van der Waals surface area contributed by atoms with Gasteiger partial charge < -0.3 is 4.74 Å². The maximum Gasteiger partial charge on any atom is 0.196 e. The molecule has 27 heavy (non-hydrogen) atoms. The monoisotopic (exact) mass is 380 g/mol. The first-order valence-electron chi connectivity index (χ1n) is 8.96. The van der Waals surface area contributed by atoms with E-state index >= 15 is 0 Å². The molecular formula is C20H20N4O2S. The lowest BCUT2D eigenvalue weighted by atomic mass is 9.99. The second kappa shape index (κ2) is 7.92. The van der Waals surface area contributed by atoms with Crippen molar-refractivity contribution in [3.63, 3.8) is 0 Å². The zero-order valence-electron chi connectivity index (χ0n) is 15.0. The van der Waals surface area contributed by atoms with Gasteiger partial charge in [-0.05, 0) is 49.2 Å². The SMILES string of the molecule is COc1ccc(-n2c(S[C@@H]3CCCCC3=O)nnc2-c2ccncc2)cc1. The van der Waals surface area contributed by atoms with Crippen molar-refractivity contribution in [2.75, 3.05) is 7.11 Å². The van der Waals surface area contributed by atoms with Gasteiger partial charge in [0.05, 0.1) is 12.4 Å². The van der Waals surface area contributed by atoms with Crippen molar-refractivity contribution in [1.29, 1.82) is 0 Å². The summed E-state index contributed by atoms with van der Waals surface area (Å²) in [7, 11) is 1.64. The van der Waals surface area contributed by atoms with Gasteiger partial charge in [0, 0.05) is 30.1 Å². The topological polar surface area (TPSA) is 69.9 Å². The summed E-state index contributed by atoms with van der Waals surface area (Å²) >= 11 is 1.51. The third-order valence-corrected chi connectivity index (χ3v) is 5.91. The van der Waals surface area contributed by atoms with Crippen LogP contribution in [0.1, 0.15) is 25.7 Å². The number of rotatable bonds is 5. The fourth-order valence-corrected chi connectivity index (χ4v) is 4.37. The van der Waals surface area contributed by atoms with Crippen LogP contribution >= 0.6 is 11.8 Å². The van der Waals surface area contributed by atoms with Crippen LogP contribution in [0.2, 0.25) is 0 Å². The van der Waals surface area contributed by atoms with Crippen LogP contribution in [-0.4, -0.2) is 37.9 Å². The molecule has 2 heterocycles. The number of carbonyl (C=O) groups is 1. The molecule has 138 valence electrons. The number of thioether (sulfide) groups is 1. The smallest absolute Gasteiger partial charge is 0.196 e. The number of ketones is 1. The van der Waals surface area contributed by atoms with Crippen LogP contribution in [0.4, 0.5) is 0 Å². The Morgan fingerprint density at radius 1 is 1.07 bits per heavy atom. The molecule has 0 amide bonds. The Morgan fingerprint density at radius 2 is 1.85 bits per heavy atom. The van der Waals surface area contributed by atoms with Crippen LogP contribution in [0.3, 0.4) is 0 Å². The summed E-state index contributed by atoms with van der Waals surface area (Å²) in [4.78, 5) is 16.4. The molecule has 0 radical (unpaired) electrons. The fourth-order valence-electron chi connectivity index (χ4n) is 3.20. The van der Waals surface area contributed by atoms with E-state index in [1.165, 1.54) is 11.8 Å². The average molecular weight is 380 g/mol. The Morgan fingerprint density at radius 3 is 2.56 bits per heavy atom. The third kappa shape index (κ3) is 3.73. The van der Waals surface area contributed by atoms with Gasteiger partial charge in [-0.3, -0.25) is 14.3 Å². The lowest BCUT2D eigenvalue weighted by molar-refractivity contribution is -0.119. The zero-order chi connectivity index (χ0) is 18.6. The number of benzene rings is 1. The summed E-state index contributed by atoms with van der Waals surface area (Å²) in [5.41, 5.74) is 1.86. The average Bonchev–Trinajstić information content (AvgIpc) is 3.14. The molecule has 1 aliphatic rings. The molecule has 0 bridgehead atoms. The van der Waals surface area contributed by atoms with E-state index in [9.17, 15) is 4.79 Å². The first kappa shape index (κ1) is 17.7. The predicted molar refractivity (Wildman–Crippen MR) is 104 cm³/mol. The van der Waals surface area contributed by atoms with Gasteiger partial charge in [-0.15, -0.1) is 10.2 Å². The molecule has 0 unspecified atom stereocenters. The van der Waals surface area contributed by atoms with E-state index in [1.54, 1.807) is 19.5 Å². The number of hydrogen-bond donors (Lipinski definition) is 0. The number of Topliss-reactive ketones (excluding diaryl/α,β-unsaturated/α-hetero) is 1. The largest absolute Gasteiger partial charge is 0.497 e. The Bertz CT molecular complexity index is 925. The van der Waals surface area contributed by atoms with Crippen LogP contribution < -0.4 is 4.74 Å². The molecule has 0 spiro atoms. The van der Waals surface area contributed by atoms with Crippen LogP contribution in [0.15, 0.2) is 53.9 Å². The number of aromatic nitrogens is 4. The quantitative estimate of drug-likeness (QED) is 0.668. The van der Waals surface area contributed by atoms with Crippen LogP contribution in [-0.2, 0) is 4.79 Å². The number of nitrogens with zero attached hydrogens (tertiary/aromatic N) is 4. The van der Waals surface area contributed by atoms with Crippen molar-refractivity contribution in [1.82, 2.24) is 19.7 Å². The Hall–Kier alpha value is -2.67. The molecule has 0 aliphatic heterocycles. The van der Waals surface area contributed by atoms with Crippen molar-refractivity contribution in [3.05, 3.63) is 48.8 Å². The first-order chi connectivity index (χ1) is 13.3. The van der Waals surface area contributed by atoms with E-state index < -0.39 is 0 Å². The maximum atomic E-state index is 12.3. The summed E-state index contributed by atoms with van der Waals surface area (Å²) < 4.78 is 7.27. The molecule has 1 aromatic carbocycles. The molecule has 7 heteroatoms. The van der Waals surface area contributed by atoms with E-state index in [2.05, 4.69) is 15.2 Å². The summed E-state index contributed by atoms with van der Waals surface area (Å²) in [6.45, 7) is 0. The van der Waals surface area contributed by atoms with Crippen LogP contribution in [0, 0.1) is 0 Å². The predicted octanol–water partition coefficient (Wildman–Crippen LogP) is 3.94. The van der Waals surface area contributed by atoms with Crippen molar-refractivity contribution in [2.24, 2.45) is 0 Å². The highest BCUT2D eigenvalue weighted by Gasteiger charge is 2.27. The van der Waals surface area contributed by atoms with Gasteiger partial charge in [0.2, 0.25) is 0 Å². The van der Waals surface area contributed by atoms with Crippen molar-refractivity contribution >= 4 is 17.5 Å². The summed E-state index contributed by atoms with van der Waals surface area (Å²) in [6.07, 6.45) is 7.09. The lowest BCUT2D eigenvalue weighted by Gasteiger charge is -2.20. The Kier molecular flexibility index (Phi) is 5.20. The minimum atomic E-state index is -0.0507. The molecule has 4 rings (SSSR count). The molecule has 1 aliphatic carbocycles. The van der Waals surface area contributed by atoms with Crippen molar-refractivity contribution in [2.45, 2.75) is 36.1 Å². The van der Waals surface area contributed by atoms with E-state index in [4.69, 9.17) is 4.74 Å². The van der Waals surface area contributed by atoms with Crippen molar-refractivity contribution < 1.29 is 9.53 Å². The third-order valence-electron chi connectivity index (χ3n) is 4.65. The summed E-state index contributed by atoms with van der Waals surface area (Å²) in [5, 5.41) is 9.51. The number of hydrogen-bond acceptors (Lipinski definition) is 6. The van der Waals surface area contributed by atoms with Gasteiger partial charge in [0.15, 0.2) is 11.0 Å². The van der Waals surface area contributed by atoms with Gasteiger partial charge in [-0.25, -0.2) is 0 Å². The standard InChI is InChI=1S/C20H20N4O2S/c1-26-16-8-6-15(7-9-16)24-19(14-10-12-21-13-11-14)22-23-20(24)27-18-5-3-2-4-17(18)25/h6-13,18H,2-5H2,1H3/t18-/m1/s1. The highest BCUT2D eigenvalue weighted by atomic mass is 32.2. The number of carbonyl (C=O) groups excluding carboxylic acids is 1. The fraction of sp³-hybridized carbons (Fsp3) is 0.300. The van der Waals surface area contributed by atoms with E-state index in [1.807, 2.05) is 41.0 Å². The molecule has 1 atom stereocenters. The number of methoxy groups -OCH3 is 1. The van der Waals surface area contributed by atoms with Gasteiger partial charge >= 0.3 is 0 Å². The Labute approximate surface area is 162 Å². The molecule has 3 aromatic rings. The summed E-state index contributed by atoms with van der Waals surface area (Å²) in [6, 6.07) is 11.6. The second-order valence-corrected chi connectivity index (χ2v) is 7.56.